The smallest absolute Gasteiger partial charge is 0.308 e. The van der Waals surface area contributed by atoms with Crippen molar-refractivity contribution in [1.29, 1.82) is 0 Å². The lowest BCUT2D eigenvalue weighted by Gasteiger charge is -2.29. The van der Waals surface area contributed by atoms with Crippen molar-refractivity contribution in [3.63, 3.8) is 0 Å². The summed E-state index contributed by atoms with van der Waals surface area (Å²) < 4.78 is 10.6. The Morgan fingerprint density at radius 3 is 2.68 bits per heavy atom. The molecule has 9 heteroatoms. The van der Waals surface area contributed by atoms with Crippen LogP contribution in [0.25, 0.3) is 0 Å². The Labute approximate surface area is 190 Å². The lowest BCUT2D eigenvalue weighted by Crippen LogP contribution is -2.41. The number of amides is 2. The molecule has 0 saturated carbocycles. The van der Waals surface area contributed by atoms with Crippen LogP contribution >= 0.6 is 23.2 Å². The van der Waals surface area contributed by atoms with Crippen LogP contribution in [0.2, 0.25) is 10.0 Å². The first-order valence-electron chi connectivity index (χ1n) is 9.73. The Bertz CT molecular complexity index is 998. The second-order valence-electron chi connectivity index (χ2n) is 7.08. The lowest BCUT2D eigenvalue weighted by atomic mass is 10.1. The summed E-state index contributed by atoms with van der Waals surface area (Å²) in [6.45, 7) is 3.29. The molecule has 2 amide bonds. The molecule has 3 rings (SSSR count). The van der Waals surface area contributed by atoms with Gasteiger partial charge in [-0.15, -0.1) is 0 Å². The van der Waals surface area contributed by atoms with Crippen LogP contribution in [0.1, 0.15) is 31.9 Å². The summed E-state index contributed by atoms with van der Waals surface area (Å²) in [7, 11) is 0. The highest BCUT2D eigenvalue weighted by atomic mass is 35.5. The maximum Gasteiger partial charge on any atom is 0.308 e. The van der Waals surface area contributed by atoms with Crippen molar-refractivity contribution in [2.24, 2.45) is 0 Å². The van der Waals surface area contributed by atoms with Gasteiger partial charge in [0, 0.05) is 16.6 Å². The number of carbonyl (C=O) groups excluding carboxylic acids is 3. The highest BCUT2D eigenvalue weighted by molar-refractivity contribution is 6.35. The number of anilines is 1. The van der Waals surface area contributed by atoms with Crippen LogP contribution in [0.15, 0.2) is 42.5 Å². The van der Waals surface area contributed by atoms with Gasteiger partial charge in [0.05, 0.1) is 18.2 Å². The second-order valence-corrected chi connectivity index (χ2v) is 7.92. The molecule has 0 fully saturated rings. The first-order valence-corrected chi connectivity index (χ1v) is 10.5. The molecule has 7 nitrogen and oxygen atoms in total. The number of nitrogens with zero attached hydrogens (tertiary/aromatic N) is 1. The quantitative estimate of drug-likeness (QED) is 0.627. The molecule has 0 bridgehead atoms. The van der Waals surface area contributed by atoms with E-state index >= 15 is 0 Å². The van der Waals surface area contributed by atoms with Crippen LogP contribution in [0.5, 0.6) is 5.75 Å². The molecule has 0 spiro atoms. The number of halogens is 2. The van der Waals surface area contributed by atoms with Crippen LogP contribution in [-0.4, -0.2) is 37.0 Å². The maximum atomic E-state index is 12.4. The van der Waals surface area contributed by atoms with Gasteiger partial charge in [0.25, 0.3) is 11.8 Å². The fraction of sp³-hybridized carbons (Fsp3) is 0.318. The van der Waals surface area contributed by atoms with Crippen molar-refractivity contribution < 1.29 is 23.9 Å². The summed E-state index contributed by atoms with van der Waals surface area (Å²) in [6, 6.07) is 11.7. The predicted molar refractivity (Wildman–Crippen MR) is 117 cm³/mol. The van der Waals surface area contributed by atoms with E-state index in [1.165, 1.54) is 11.8 Å². The number of para-hydroxylation sites is 2. The van der Waals surface area contributed by atoms with Crippen molar-refractivity contribution in [2.45, 2.75) is 32.4 Å². The van der Waals surface area contributed by atoms with Crippen molar-refractivity contribution in [1.82, 2.24) is 5.32 Å². The highest BCUT2D eigenvalue weighted by Crippen LogP contribution is 2.31. The number of rotatable bonds is 7. The van der Waals surface area contributed by atoms with E-state index in [-0.39, 0.29) is 25.5 Å². The van der Waals surface area contributed by atoms with Gasteiger partial charge in [-0.25, -0.2) is 0 Å². The fourth-order valence-electron chi connectivity index (χ4n) is 3.17. The van der Waals surface area contributed by atoms with Gasteiger partial charge in [-0.2, -0.15) is 0 Å². The van der Waals surface area contributed by atoms with E-state index in [1.54, 1.807) is 49.4 Å². The number of esters is 1. The zero-order valence-corrected chi connectivity index (χ0v) is 18.6. The molecule has 1 N–H and O–H groups in total. The minimum atomic E-state index is -1.01. The van der Waals surface area contributed by atoms with Gasteiger partial charge in [-0.1, -0.05) is 41.4 Å². The second kappa shape index (κ2) is 10.0. The minimum absolute atomic E-state index is 0.0593. The van der Waals surface area contributed by atoms with Crippen molar-refractivity contribution >= 4 is 46.7 Å². The summed E-state index contributed by atoms with van der Waals surface area (Å²) in [4.78, 5) is 38.3. The van der Waals surface area contributed by atoms with Gasteiger partial charge >= 0.3 is 5.97 Å². The van der Waals surface area contributed by atoms with E-state index in [9.17, 15) is 14.4 Å². The van der Waals surface area contributed by atoms with Gasteiger partial charge in [0.15, 0.2) is 12.7 Å². The van der Waals surface area contributed by atoms with Crippen molar-refractivity contribution in [3.05, 3.63) is 58.1 Å². The Kier molecular flexibility index (Phi) is 7.41. The number of fused-ring (bicyclic) bond motifs is 1. The van der Waals surface area contributed by atoms with Crippen molar-refractivity contribution in [2.75, 3.05) is 18.1 Å². The van der Waals surface area contributed by atoms with Gasteiger partial charge < -0.3 is 19.7 Å². The molecule has 0 radical (unpaired) electrons. The fourth-order valence-corrected chi connectivity index (χ4v) is 3.75. The molecule has 1 aliphatic rings. The average molecular weight is 465 g/mol. The minimum Gasteiger partial charge on any atom is -0.482 e. The summed E-state index contributed by atoms with van der Waals surface area (Å²) in [5, 5.41) is 3.69. The zero-order chi connectivity index (χ0) is 22.5. The molecule has 164 valence electrons. The van der Waals surface area contributed by atoms with Crippen molar-refractivity contribution in [3.8, 4) is 5.75 Å². The largest absolute Gasteiger partial charge is 0.482 e. The standard InChI is InChI=1S/C22H22Cl2N2O5/c1-13(16-8-7-15(23)11-17(16)24)25-22(29)14(2)31-21(28)9-10-26-18-5-3-4-6-19(18)30-12-20(26)27/h3-8,11,13-14H,9-10,12H2,1-2H3,(H,25,29). The van der Waals surface area contributed by atoms with Gasteiger partial charge in [-0.05, 0) is 43.7 Å². The molecule has 2 atom stereocenters. The third-order valence-electron chi connectivity index (χ3n) is 4.81. The molecule has 1 aliphatic heterocycles. The summed E-state index contributed by atoms with van der Waals surface area (Å²) in [6.07, 6.45) is -1.07. The number of hydrogen-bond donors (Lipinski definition) is 1. The molecule has 0 aliphatic carbocycles. The molecule has 1 heterocycles. The molecule has 0 aromatic heterocycles. The molecule has 2 unspecified atom stereocenters. The summed E-state index contributed by atoms with van der Waals surface area (Å²) >= 11 is 12.1. The molecular formula is C22H22Cl2N2O5. The number of benzene rings is 2. The van der Waals surface area contributed by atoms with Crippen LogP contribution in [0.3, 0.4) is 0 Å². The molecular weight excluding hydrogens is 443 g/mol. The van der Waals surface area contributed by atoms with E-state index in [1.807, 2.05) is 0 Å². The van der Waals surface area contributed by atoms with Crippen LogP contribution in [-0.2, 0) is 19.1 Å². The third kappa shape index (κ3) is 5.68. The first-order chi connectivity index (χ1) is 14.8. The SMILES string of the molecule is CC(OC(=O)CCN1C(=O)COc2ccccc21)C(=O)NC(C)c1ccc(Cl)cc1Cl. The van der Waals surface area contributed by atoms with E-state index < -0.39 is 24.0 Å². The third-order valence-corrected chi connectivity index (χ3v) is 5.38. The normalized spacial score (nSPS) is 14.8. The number of hydrogen-bond acceptors (Lipinski definition) is 5. The number of carbonyl (C=O) groups is 3. The zero-order valence-electron chi connectivity index (χ0n) is 17.1. The number of nitrogens with one attached hydrogen (secondary N) is 1. The van der Waals surface area contributed by atoms with E-state index in [0.717, 1.165) is 0 Å². The topological polar surface area (TPSA) is 84.9 Å². The first kappa shape index (κ1) is 22.9. The van der Waals surface area contributed by atoms with Gasteiger partial charge in [0.1, 0.15) is 5.75 Å². The summed E-state index contributed by atoms with van der Waals surface area (Å²) in [5.74, 6) is -0.708. The Hall–Kier alpha value is -2.77. The summed E-state index contributed by atoms with van der Waals surface area (Å²) in [5.41, 5.74) is 1.30. The maximum absolute atomic E-state index is 12.4. The average Bonchev–Trinajstić information content (AvgIpc) is 2.72. The van der Waals surface area contributed by atoms with E-state index in [0.29, 0.717) is 27.0 Å². The number of ether oxygens (including phenoxy) is 2. The monoisotopic (exact) mass is 464 g/mol. The van der Waals surface area contributed by atoms with Crippen LogP contribution < -0.4 is 15.0 Å². The molecule has 0 saturated heterocycles. The Morgan fingerprint density at radius 2 is 1.94 bits per heavy atom. The van der Waals surface area contributed by atoms with Crippen LogP contribution in [0, 0.1) is 0 Å². The lowest BCUT2D eigenvalue weighted by molar-refractivity contribution is -0.154. The van der Waals surface area contributed by atoms with E-state index in [4.69, 9.17) is 32.7 Å². The molecule has 31 heavy (non-hydrogen) atoms. The van der Waals surface area contributed by atoms with E-state index in [2.05, 4.69) is 5.32 Å². The Balaban J connectivity index is 1.52. The van der Waals surface area contributed by atoms with Crippen LogP contribution in [0.4, 0.5) is 5.69 Å². The Morgan fingerprint density at radius 1 is 1.19 bits per heavy atom. The molecule has 2 aromatic rings. The predicted octanol–water partition coefficient (Wildman–Crippen LogP) is 3.92. The van der Waals surface area contributed by atoms with Gasteiger partial charge in [-0.3, -0.25) is 14.4 Å². The molecule has 2 aromatic carbocycles. The van der Waals surface area contributed by atoms with Gasteiger partial charge in [0.2, 0.25) is 0 Å². The highest BCUT2D eigenvalue weighted by Gasteiger charge is 2.27.